The zero-order valence-corrected chi connectivity index (χ0v) is 18.6. The van der Waals surface area contributed by atoms with Crippen LogP contribution in [0, 0.1) is 0 Å². The second-order valence-electron chi connectivity index (χ2n) is 5.86. The van der Waals surface area contributed by atoms with E-state index in [4.69, 9.17) is 21.1 Å². The molecular weight excluding hydrogens is 478 g/mol. The molecule has 3 rings (SSSR count). The van der Waals surface area contributed by atoms with E-state index in [1.165, 1.54) is 0 Å². The first kappa shape index (κ1) is 21.5. The van der Waals surface area contributed by atoms with Gasteiger partial charge in [-0.2, -0.15) is 0 Å². The topological polar surface area (TPSA) is 55.8 Å². The summed E-state index contributed by atoms with van der Waals surface area (Å²) in [5.74, 6) is 0.702. The minimum atomic E-state index is -0.386. The first-order valence-electron chi connectivity index (χ1n) is 8.68. The highest BCUT2D eigenvalue weighted by atomic mass is 79.9. The lowest BCUT2D eigenvalue weighted by atomic mass is 10.1. The van der Waals surface area contributed by atoms with Crippen molar-refractivity contribution in [3.63, 3.8) is 0 Å². The molecule has 0 aromatic heterocycles. The Kier molecular flexibility index (Phi) is 7.05. The second kappa shape index (κ2) is 9.52. The van der Waals surface area contributed by atoms with Gasteiger partial charge in [-0.25, -0.2) is 4.90 Å². The van der Waals surface area contributed by atoms with E-state index in [0.717, 1.165) is 16.7 Å². The fourth-order valence-electron chi connectivity index (χ4n) is 2.65. The predicted octanol–water partition coefficient (Wildman–Crippen LogP) is 6.31. The second-order valence-corrected chi connectivity index (χ2v) is 8.14. The van der Waals surface area contributed by atoms with E-state index in [-0.39, 0.29) is 11.1 Å². The molecule has 29 heavy (non-hydrogen) atoms. The molecule has 1 heterocycles. The summed E-state index contributed by atoms with van der Waals surface area (Å²) in [5, 5.41) is 0.168. The number of imide groups is 1. The lowest BCUT2D eigenvalue weighted by Crippen LogP contribution is -2.27. The first-order valence-corrected chi connectivity index (χ1v) is 10.7. The molecule has 0 atom stereocenters. The fraction of sp³-hybridized carbons (Fsp3) is 0.143. The predicted molar refractivity (Wildman–Crippen MR) is 121 cm³/mol. The van der Waals surface area contributed by atoms with Crippen molar-refractivity contribution in [1.82, 2.24) is 0 Å². The SMILES string of the molecule is C=CCOc1c(Br)cc(C=C2SC(=O)N(c3ccc(Cl)cc3)C2=O)cc1OCC. The van der Waals surface area contributed by atoms with Gasteiger partial charge in [0.05, 0.1) is 21.7 Å². The van der Waals surface area contributed by atoms with Crippen molar-refractivity contribution in [2.24, 2.45) is 0 Å². The molecule has 8 heteroatoms. The van der Waals surface area contributed by atoms with E-state index in [0.29, 0.717) is 50.4 Å². The molecule has 0 saturated carbocycles. The van der Waals surface area contributed by atoms with Crippen LogP contribution in [0.4, 0.5) is 10.5 Å². The Bertz CT molecular complexity index is 991. The van der Waals surface area contributed by atoms with E-state index in [2.05, 4.69) is 22.5 Å². The maximum absolute atomic E-state index is 12.8. The van der Waals surface area contributed by atoms with Gasteiger partial charge in [0.1, 0.15) is 6.61 Å². The molecule has 1 fully saturated rings. The zero-order chi connectivity index (χ0) is 21.0. The van der Waals surface area contributed by atoms with Crippen LogP contribution in [0.15, 0.2) is 58.4 Å². The van der Waals surface area contributed by atoms with Crippen molar-refractivity contribution in [2.45, 2.75) is 6.92 Å². The molecule has 150 valence electrons. The van der Waals surface area contributed by atoms with Gasteiger partial charge in [-0.15, -0.1) is 0 Å². The van der Waals surface area contributed by atoms with Crippen LogP contribution in [0.3, 0.4) is 0 Å². The lowest BCUT2D eigenvalue weighted by molar-refractivity contribution is -0.113. The van der Waals surface area contributed by atoms with Crippen molar-refractivity contribution in [3.8, 4) is 11.5 Å². The van der Waals surface area contributed by atoms with Crippen molar-refractivity contribution < 1.29 is 19.1 Å². The molecule has 0 bridgehead atoms. The van der Waals surface area contributed by atoms with Crippen LogP contribution in [0.2, 0.25) is 5.02 Å². The number of hydrogen-bond acceptors (Lipinski definition) is 5. The minimum absolute atomic E-state index is 0.319. The highest BCUT2D eigenvalue weighted by molar-refractivity contribution is 9.10. The molecule has 0 aliphatic carbocycles. The summed E-state index contributed by atoms with van der Waals surface area (Å²) < 4.78 is 12.0. The van der Waals surface area contributed by atoms with Gasteiger partial charge in [0.2, 0.25) is 0 Å². The number of rotatable bonds is 7. The average molecular weight is 495 g/mol. The Morgan fingerprint density at radius 1 is 1.21 bits per heavy atom. The number of nitrogens with zero attached hydrogens (tertiary/aromatic N) is 1. The van der Waals surface area contributed by atoms with Gasteiger partial charge in [0.25, 0.3) is 11.1 Å². The summed E-state index contributed by atoms with van der Waals surface area (Å²) in [4.78, 5) is 26.7. The van der Waals surface area contributed by atoms with Crippen molar-refractivity contribution in [3.05, 3.63) is 69.0 Å². The third-order valence-corrected chi connectivity index (χ3v) is 5.56. The smallest absolute Gasteiger partial charge is 0.298 e. The van der Waals surface area contributed by atoms with Gasteiger partial charge in [0, 0.05) is 5.02 Å². The van der Waals surface area contributed by atoms with Gasteiger partial charge in [-0.05, 0) is 82.7 Å². The third kappa shape index (κ3) is 4.86. The molecule has 1 aliphatic heterocycles. The molecule has 0 unspecified atom stereocenters. The molecule has 2 aromatic rings. The van der Waals surface area contributed by atoms with Crippen LogP contribution in [0.25, 0.3) is 6.08 Å². The summed E-state index contributed by atoms with van der Waals surface area (Å²) in [6.07, 6.45) is 3.30. The van der Waals surface area contributed by atoms with Gasteiger partial charge < -0.3 is 9.47 Å². The van der Waals surface area contributed by atoms with E-state index in [1.807, 2.05) is 6.92 Å². The number of amides is 2. The normalized spacial score (nSPS) is 15.1. The number of anilines is 1. The molecule has 2 amide bonds. The maximum atomic E-state index is 12.8. The van der Waals surface area contributed by atoms with Crippen molar-refractivity contribution >= 4 is 62.2 Å². The van der Waals surface area contributed by atoms with Gasteiger partial charge >= 0.3 is 0 Å². The number of benzene rings is 2. The number of carbonyl (C=O) groups excluding carboxylic acids is 2. The van der Waals surface area contributed by atoms with E-state index < -0.39 is 0 Å². The Hall–Kier alpha value is -2.22. The van der Waals surface area contributed by atoms with Crippen LogP contribution >= 0.6 is 39.3 Å². The third-order valence-electron chi connectivity index (χ3n) is 3.85. The van der Waals surface area contributed by atoms with Crippen LogP contribution in [0.1, 0.15) is 12.5 Å². The highest BCUT2D eigenvalue weighted by Crippen LogP contribution is 2.40. The number of carbonyl (C=O) groups is 2. The summed E-state index contributed by atoms with van der Waals surface area (Å²) in [7, 11) is 0. The molecule has 1 aliphatic rings. The zero-order valence-electron chi connectivity index (χ0n) is 15.5. The lowest BCUT2D eigenvalue weighted by Gasteiger charge is -2.14. The number of halogens is 2. The summed E-state index contributed by atoms with van der Waals surface area (Å²) in [6, 6.07) is 10.1. The molecule has 0 spiro atoms. The Labute approximate surface area is 186 Å². The molecule has 5 nitrogen and oxygen atoms in total. The molecular formula is C21H17BrClNO4S. The monoisotopic (exact) mass is 493 g/mol. The van der Waals surface area contributed by atoms with Crippen molar-refractivity contribution in [1.29, 1.82) is 0 Å². The number of thioether (sulfide) groups is 1. The standard InChI is InChI=1S/C21H17BrClNO4S/c1-3-9-28-19-16(22)10-13(11-17(19)27-4-2)12-18-20(25)24(21(26)29-18)15-7-5-14(23)6-8-15/h3,5-8,10-12H,1,4,9H2,2H3. The van der Waals surface area contributed by atoms with E-state index in [9.17, 15) is 9.59 Å². The highest BCUT2D eigenvalue weighted by Gasteiger charge is 2.36. The minimum Gasteiger partial charge on any atom is -0.490 e. The summed E-state index contributed by atoms with van der Waals surface area (Å²) >= 11 is 10.3. The van der Waals surface area contributed by atoms with Gasteiger partial charge in [-0.3, -0.25) is 9.59 Å². The molecule has 2 aromatic carbocycles. The maximum Gasteiger partial charge on any atom is 0.298 e. The van der Waals surface area contributed by atoms with Crippen molar-refractivity contribution in [2.75, 3.05) is 18.1 Å². The Morgan fingerprint density at radius 2 is 1.93 bits per heavy atom. The molecule has 0 N–H and O–H groups in total. The largest absolute Gasteiger partial charge is 0.490 e. The summed E-state index contributed by atoms with van der Waals surface area (Å²) in [6.45, 7) is 6.30. The molecule has 0 radical (unpaired) electrons. The molecule has 1 saturated heterocycles. The van der Waals surface area contributed by atoms with Gasteiger partial charge in [0.15, 0.2) is 11.5 Å². The average Bonchev–Trinajstić information content (AvgIpc) is 2.95. The Morgan fingerprint density at radius 3 is 2.59 bits per heavy atom. The summed E-state index contributed by atoms with van der Waals surface area (Å²) in [5.41, 5.74) is 1.18. The number of ether oxygens (including phenoxy) is 2. The quantitative estimate of drug-likeness (QED) is 0.334. The van der Waals surface area contributed by atoms with Gasteiger partial charge in [-0.1, -0.05) is 24.3 Å². The number of hydrogen-bond donors (Lipinski definition) is 0. The fourth-order valence-corrected chi connectivity index (χ4v) is 4.19. The van der Waals surface area contributed by atoms with Crippen LogP contribution < -0.4 is 14.4 Å². The Balaban J connectivity index is 1.93. The van der Waals surface area contributed by atoms with Crippen LogP contribution in [0.5, 0.6) is 11.5 Å². The van der Waals surface area contributed by atoms with Crippen LogP contribution in [-0.2, 0) is 4.79 Å². The first-order chi connectivity index (χ1) is 13.9. The van der Waals surface area contributed by atoms with Crippen LogP contribution in [-0.4, -0.2) is 24.4 Å². The van der Waals surface area contributed by atoms with E-state index in [1.54, 1.807) is 48.6 Å². The van der Waals surface area contributed by atoms with E-state index >= 15 is 0 Å².